The van der Waals surface area contributed by atoms with Crippen LogP contribution in [0.15, 0.2) is 24.3 Å². The van der Waals surface area contributed by atoms with E-state index < -0.39 is 0 Å². The van der Waals surface area contributed by atoms with Crippen molar-refractivity contribution in [2.24, 2.45) is 5.92 Å². The molecule has 1 N–H and O–H groups in total. The van der Waals surface area contributed by atoms with Crippen LogP contribution in [0.25, 0.3) is 10.8 Å². The Labute approximate surface area is 106 Å². The summed E-state index contributed by atoms with van der Waals surface area (Å²) in [5, 5.41) is 11.7. The van der Waals surface area contributed by atoms with E-state index in [1.54, 1.807) is 18.2 Å². The highest BCUT2D eigenvalue weighted by Crippen LogP contribution is 2.37. The van der Waals surface area contributed by atoms with Crippen LogP contribution in [-0.4, -0.2) is 5.11 Å². The van der Waals surface area contributed by atoms with Crippen molar-refractivity contribution in [1.29, 1.82) is 0 Å². The lowest BCUT2D eigenvalue weighted by atomic mass is 9.94. The number of rotatable bonds is 3. The number of hydrogen-bond acceptors (Lipinski definition) is 1. The monoisotopic (exact) mass is 244 g/mol. The molecule has 0 radical (unpaired) electrons. The fourth-order valence-corrected chi connectivity index (χ4v) is 2.68. The molecular weight excluding hydrogens is 227 g/mol. The molecule has 0 aromatic heterocycles. The first-order valence-electron chi connectivity index (χ1n) is 6.62. The number of hydrogen-bond donors (Lipinski definition) is 1. The van der Waals surface area contributed by atoms with Gasteiger partial charge in [-0.1, -0.05) is 13.0 Å². The lowest BCUT2D eigenvalue weighted by Gasteiger charge is -2.12. The van der Waals surface area contributed by atoms with Crippen molar-refractivity contribution in [3.8, 4) is 5.75 Å². The van der Waals surface area contributed by atoms with Gasteiger partial charge in [0.2, 0.25) is 0 Å². The third kappa shape index (κ3) is 1.96. The van der Waals surface area contributed by atoms with E-state index >= 15 is 0 Å². The van der Waals surface area contributed by atoms with Gasteiger partial charge < -0.3 is 5.11 Å². The van der Waals surface area contributed by atoms with E-state index in [-0.39, 0.29) is 11.6 Å². The van der Waals surface area contributed by atoms with Gasteiger partial charge in [-0.25, -0.2) is 4.39 Å². The summed E-state index contributed by atoms with van der Waals surface area (Å²) in [7, 11) is 0. The molecule has 0 heterocycles. The zero-order chi connectivity index (χ0) is 12.7. The van der Waals surface area contributed by atoms with E-state index in [4.69, 9.17) is 0 Å². The predicted molar refractivity (Wildman–Crippen MR) is 71.4 cm³/mol. The van der Waals surface area contributed by atoms with Gasteiger partial charge >= 0.3 is 0 Å². The zero-order valence-electron chi connectivity index (χ0n) is 10.5. The molecule has 2 aromatic carbocycles. The van der Waals surface area contributed by atoms with Crippen LogP contribution in [-0.2, 0) is 12.8 Å². The molecule has 3 rings (SSSR count). The third-order valence-electron chi connectivity index (χ3n) is 3.81. The van der Waals surface area contributed by atoms with Crippen LogP contribution in [0.5, 0.6) is 5.75 Å². The minimum Gasteiger partial charge on any atom is -0.508 e. The van der Waals surface area contributed by atoms with Gasteiger partial charge in [0.1, 0.15) is 11.6 Å². The van der Waals surface area contributed by atoms with E-state index in [1.165, 1.54) is 18.9 Å². The topological polar surface area (TPSA) is 20.2 Å². The minimum absolute atomic E-state index is 0.102. The molecule has 1 fully saturated rings. The Morgan fingerprint density at radius 1 is 1.28 bits per heavy atom. The van der Waals surface area contributed by atoms with Crippen molar-refractivity contribution in [1.82, 2.24) is 0 Å². The van der Waals surface area contributed by atoms with Crippen LogP contribution in [0, 0.1) is 11.7 Å². The maximum Gasteiger partial charge on any atom is 0.127 e. The van der Waals surface area contributed by atoms with Gasteiger partial charge in [0.25, 0.3) is 0 Å². The molecule has 0 amide bonds. The molecule has 18 heavy (non-hydrogen) atoms. The lowest BCUT2D eigenvalue weighted by Crippen LogP contribution is -1.97. The summed E-state index contributed by atoms with van der Waals surface area (Å²) < 4.78 is 14.1. The van der Waals surface area contributed by atoms with Crippen LogP contribution in [0.4, 0.5) is 4.39 Å². The van der Waals surface area contributed by atoms with Gasteiger partial charge in [0.15, 0.2) is 0 Å². The molecule has 0 aliphatic heterocycles. The number of halogens is 1. The van der Waals surface area contributed by atoms with E-state index in [1.807, 2.05) is 6.92 Å². The number of fused-ring (bicyclic) bond motifs is 1. The fourth-order valence-electron chi connectivity index (χ4n) is 2.68. The standard InChI is InChI=1S/C16H17FO/c1-2-11-8-13(18)9-12-5-6-15(17)14(16(11)12)7-10-3-4-10/h5-6,8-10,18H,2-4,7H2,1H3. The molecule has 1 aliphatic carbocycles. The Morgan fingerprint density at radius 3 is 2.72 bits per heavy atom. The third-order valence-corrected chi connectivity index (χ3v) is 3.81. The highest BCUT2D eigenvalue weighted by molar-refractivity contribution is 5.90. The summed E-state index contributed by atoms with van der Waals surface area (Å²) in [5.41, 5.74) is 1.88. The summed E-state index contributed by atoms with van der Waals surface area (Å²) >= 11 is 0. The van der Waals surface area contributed by atoms with Crippen molar-refractivity contribution >= 4 is 10.8 Å². The fraction of sp³-hybridized carbons (Fsp3) is 0.375. The lowest BCUT2D eigenvalue weighted by molar-refractivity contribution is 0.475. The molecule has 0 spiro atoms. The molecule has 0 bridgehead atoms. The van der Waals surface area contributed by atoms with Crippen molar-refractivity contribution in [3.63, 3.8) is 0 Å². The molecule has 2 aromatic rings. The molecule has 1 aliphatic rings. The molecular formula is C16H17FO. The Balaban J connectivity index is 2.26. The maximum atomic E-state index is 14.1. The first-order chi connectivity index (χ1) is 8.69. The van der Waals surface area contributed by atoms with Gasteiger partial charge in [0.05, 0.1) is 0 Å². The summed E-state index contributed by atoms with van der Waals surface area (Å²) in [4.78, 5) is 0. The highest BCUT2D eigenvalue weighted by atomic mass is 19.1. The van der Waals surface area contributed by atoms with Gasteiger partial charge in [-0.3, -0.25) is 0 Å². The van der Waals surface area contributed by atoms with Gasteiger partial charge in [0, 0.05) is 0 Å². The second kappa shape index (κ2) is 4.27. The number of phenols is 1. The van der Waals surface area contributed by atoms with Crippen molar-refractivity contribution in [3.05, 3.63) is 41.2 Å². The van der Waals surface area contributed by atoms with Crippen molar-refractivity contribution < 1.29 is 9.50 Å². The van der Waals surface area contributed by atoms with E-state index in [0.717, 1.165) is 34.7 Å². The van der Waals surface area contributed by atoms with Gasteiger partial charge in [-0.05, 0) is 71.7 Å². The van der Waals surface area contributed by atoms with Crippen LogP contribution < -0.4 is 0 Å². The van der Waals surface area contributed by atoms with Crippen LogP contribution in [0.2, 0.25) is 0 Å². The van der Waals surface area contributed by atoms with Crippen LogP contribution >= 0.6 is 0 Å². The van der Waals surface area contributed by atoms with E-state index in [2.05, 4.69) is 0 Å². The minimum atomic E-state index is -0.102. The molecule has 0 unspecified atom stereocenters. The van der Waals surface area contributed by atoms with E-state index in [0.29, 0.717) is 5.92 Å². The first-order valence-corrected chi connectivity index (χ1v) is 6.62. The molecule has 2 heteroatoms. The summed E-state index contributed by atoms with van der Waals surface area (Å²) in [6, 6.07) is 6.78. The summed E-state index contributed by atoms with van der Waals surface area (Å²) in [6.45, 7) is 2.04. The number of benzene rings is 2. The molecule has 0 saturated heterocycles. The Kier molecular flexibility index (Phi) is 2.73. The smallest absolute Gasteiger partial charge is 0.127 e. The largest absolute Gasteiger partial charge is 0.508 e. The number of aromatic hydroxyl groups is 1. The van der Waals surface area contributed by atoms with Crippen molar-refractivity contribution in [2.45, 2.75) is 32.6 Å². The second-order valence-corrected chi connectivity index (χ2v) is 5.23. The Hall–Kier alpha value is -1.57. The van der Waals surface area contributed by atoms with Crippen LogP contribution in [0.1, 0.15) is 30.9 Å². The van der Waals surface area contributed by atoms with Gasteiger partial charge in [-0.15, -0.1) is 0 Å². The second-order valence-electron chi connectivity index (χ2n) is 5.23. The molecule has 1 nitrogen and oxygen atoms in total. The van der Waals surface area contributed by atoms with E-state index in [9.17, 15) is 9.50 Å². The first kappa shape index (κ1) is 11.5. The quantitative estimate of drug-likeness (QED) is 0.858. The average molecular weight is 244 g/mol. The average Bonchev–Trinajstić information content (AvgIpc) is 3.15. The molecule has 94 valence electrons. The summed E-state index contributed by atoms with van der Waals surface area (Å²) in [5.74, 6) is 0.821. The normalized spacial score (nSPS) is 15.2. The Bertz CT molecular complexity index is 600. The number of aryl methyl sites for hydroxylation is 1. The van der Waals surface area contributed by atoms with Crippen molar-refractivity contribution in [2.75, 3.05) is 0 Å². The summed E-state index contributed by atoms with van der Waals surface area (Å²) in [6.07, 6.45) is 4.08. The number of phenolic OH excluding ortho intramolecular Hbond substituents is 1. The molecule has 1 saturated carbocycles. The SMILES string of the molecule is CCc1cc(O)cc2ccc(F)c(CC3CC3)c12. The zero-order valence-corrected chi connectivity index (χ0v) is 10.5. The van der Waals surface area contributed by atoms with Gasteiger partial charge in [-0.2, -0.15) is 0 Å². The Morgan fingerprint density at radius 2 is 2.06 bits per heavy atom. The molecule has 0 atom stereocenters. The maximum absolute atomic E-state index is 14.1. The predicted octanol–water partition coefficient (Wildman–Crippen LogP) is 4.20. The van der Waals surface area contributed by atoms with Crippen LogP contribution in [0.3, 0.4) is 0 Å². The highest BCUT2D eigenvalue weighted by Gasteiger charge is 2.24.